The molecular formula is C19H22N2O. The van der Waals surface area contributed by atoms with Crippen LogP contribution in [0.25, 0.3) is 0 Å². The zero-order chi connectivity index (χ0) is 15.2. The number of carbonyl (C=O) groups is 1. The Morgan fingerprint density at radius 3 is 2.14 bits per heavy atom. The van der Waals surface area contributed by atoms with Gasteiger partial charge >= 0.3 is 0 Å². The molecule has 2 aromatic rings. The Morgan fingerprint density at radius 1 is 0.818 bits per heavy atom. The third-order valence-corrected chi connectivity index (χ3v) is 4.24. The van der Waals surface area contributed by atoms with Crippen molar-refractivity contribution in [1.82, 2.24) is 4.90 Å². The van der Waals surface area contributed by atoms with Crippen molar-refractivity contribution in [3.05, 3.63) is 65.7 Å². The fourth-order valence-corrected chi connectivity index (χ4v) is 2.94. The minimum Gasteiger partial charge on any atom is -0.369 e. The van der Waals surface area contributed by atoms with Gasteiger partial charge in [-0.25, -0.2) is 0 Å². The quantitative estimate of drug-likeness (QED) is 0.792. The highest BCUT2D eigenvalue weighted by atomic mass is 16.1. The molecule has 0 aliphatic carbocycles. The first kappa shape index (κ1) is 14.8. The van der Waals surface area contributed by atoms with E-state index >= 15 is 0 Å². The Hall–Kier alpha value is -2.13. The minimum atomic E-state index is 0.505. The molecule has 1 fully saturated rings. The average Bonchev–Trinajstić information content (AvgIpc) is 2.58. The van der Waals surface area contributed by atoms with Crippen LogP contribution in [0, 0.1) is 0 Å². The van der Waals surface area contributed by atoms with Crippen molar-refractivity contribution in [2.45, 2.75) is 13.0 Å². The molecule has 0 bridgehead atoms. The van der Waals surface area contributed by atoms with Crippen LogP contribution in [0.1, 0.15) is 11.1 Å². The van der Waals surface area contributed by atoms with Gasteiger partial charge in [-0.15, -0.1) is 0 Å². The summed E-state index contributed by atoms with van der Waals surface area (Å²) in [5.74, 6) is 0. The number of hydrogen-bond donors (Lipinski definition) is 0. The van der Waals surface area contributed by atoms with Crippen LogP contribution in [0.2, 0.25) is 0 Å². The lowest BCUT2D eigenvalue weighted by Gasteiger charge is -2.36. The molecule has 2 aromatic carbocycles. The lowest BCUT2D eigenvalue weighted by Crippen LogP contribution is -2.45. The van der Waals surface area contributed by atoms with Gasteiger partial charge in [0.1, 0.15) is 6.29 Å². The smallest absolute Gasteiger partial charge is 0.124 e. The maximum Gasteiger partial charge on any atom is 0.124 e. The van der Waals surface area contributed by atoms with Crippen molar-refractivity contribution in [3.63, 3.8) is 0 Å². The van der Waals surface area contributed by atoms with Gasteiger partial charge in [0.2, 0.25) is 0 Å². The normalized spacial score (nSPS) is 15.7. The molecule has 22 heavy (non-hydrogen) atoms. The molecule has 0 saturated carbocycles. The summed E-state index contributed by atoms with van der Waals surface area (Å²) in [4.78, 5) is 15.5. The average molecular weight is 294 g/mol. The molecule has 0 amide bonds. The van der Waals surface area contributed by atoms with E-state index in [1.165, 1.54) is 11.3 Å². The molecule has 3 rings (SSSR count). The maximum atomic E-state index is 10.5. The van der Waals surface area contributed by atoms with Crippen molar-refractivity contribution >= 4 is 12.0 Å². The van der Waals surface area contributed by atoms with E-state index in [0.717, 1.165) is 44.6 Å². The first-order valence-electron chi connectivity index (χ1n) is 7.89. The minimum absolute atomic E-state index is 0.505. The molecule has 1 saturated heterocycles. The van der Waals surface area contributed by atoms with Crippen LogP contribution in [0.4, 0.5) is 5.69 Å². The molecule has 0 aromatic heterocycles. The Kier molecular flexibility index (Phi) is 4.86. The number of nitrogens with zero attached hydrogens (tertiary/aromatic N) is 2. The van der Waals surface area contributed by atoms with E-state index in [4.69, 9.17) is 0 Å². The van der Waals surface area contributed by atoms with Gasteiger partial charge < -0.3 is 9.69 Å². The zero-order valence-corrected chi connectivity index (χ0v) is 12.8. The lowest BCUT2D eigenvalue weighted by atomic mass is 10.1. The van der Waals surface area contributed by atoms with E-state index in [1.807, 2.05) is 0 Å². The molecule has 0 unspecified atom stereocenters. The number of anilines is 1. The lowest BCUT2D eigenvalue weighted by molar-refractivity contribution is -0.107. The summed E-state index contributed by atoms with van der Waals surface area (Å²) in [5.41, 5.74) is 3.73. The Labute approximate surface area is 132 Å². The molecule has 1 aliphatic heterocycles. The fourth-order valence-electron chi connectivity index (χ4n) is 2.94. The first-order valence-corrected chi connectivity index (χ1v) is 7.89. The molecule has 1 heterocycles. The van der Waals surface area contributed by atoms with Crippen LogP contribution < -0.4 is 4.90 Å². The molecular weight excluding hydrogens is 272 g/mol. The molecule has 1 aliphatic rings. The third kappa shape index (κ3) is 3.74. The molecule has 114 valence electrons. The zero-order valence-electron chi connectivity index (χ0n) is 12.8. The van der Waals surface area contributed by atoms with Crippen LogP contribution in [-0.4, -0.2) is 37.4 Å². The standard InChI is InChI=1S/C19H22N2O/c22-15-10-17-6-8-19(9-7-17)21-13-11-20(12-14-21)16-18-4-2-1-3-5-18/h1-9,15H,10-14,16H2. The summed E-state index contributed by atoms with van der Waals surface area (Å²) in [6.45, 7) is 5.32. The van der Waals surface area contributed by atoms with Gasteiger partial charge in [-0.3, -0.25) is 4.90 Å². The molecule has 0 spiro atoms. The summed E-state index contributed by atoms with van der Waals surface area (Å²) < 4.78 is 0. The second-order valence-electron chi connectivity index (χ2n) is 5.79. The van der Waals surface area contributed by atoms with E-state index < -0.39 is 0 Å². The second-order valence-corrected chi connectivity index (χ2v) is 5.79. The van der Waals surface area contributed by atoms with Crippen LogP contribution in [0.3, 0.4) is 0 Å². The van der Waals surface area contributed by atoms with Gasteiger partial charge in [-0.2, -0.15) is 0 Å². The summed E-state index contributed by atoms with van der Waals surface area (Å²) in [6, 6.07) is 19.0. The first-order chi connectivity index (χ1) is 10.8. The Morgan fingerprint density at radius 2 is 1.50 bits per heavy atom. The van der Waals surface area contributed by atoms with E-state index in [0.29, 0.717) is 6.42 Å². The van der Waals surface area contributed by atoms with Crippen LogP contribution in [-0.2, 0) is 17.8 Å². The summed E-state index contributed by atoms with van der Waals surface area (Å²) in [7, 11) is 0. The van der Waals surface area contributed by atoms with Gasteiger partial charge in [0.05, 0.1) is 0 Å². The largest absolute Gasteiger partial charge is 0.369 e. The van der Waals surface area contributed by atoms with E-state index in [2.05, 4.69) is 64.4 Å². The number of benzene rings is 2. The van der Waals surface area contributed by atoms with E-state index in [1.54, 1.807) is 0 Å². The summed E-state index contributed by atoms with van der Waals surface area (Å²) in [5, 5.41) is 0. The molecule has 3 nitrogen and oxygen atoms in total. The predicted molar refractivity (Wildman–Crippen MR) is 90.1 cm³/mol. The van der Waals surface area contributed by atoms with Gasteiger partial charge in [0, 0.05) is 44.8 Å². The summed E-state index contributed by atoms with van der Waals surface area (Å²) >= 11 is 0. The molecule has 3 heteroatoms. The highest BCUT2D eigenvalue weighted by Crippen LogP contribution is 2.18. The fraction of sp³-hybridized carbons (Fsp3) is 0.316. The van der Waals surface area contributed by atoms with Crippen molar-refractivity contribution in [2.75, 3.05) is 31.1 Å². The van der Waals surface area contributed by atoms with Gasteiger partial charge in [0.25, 0.3) is 0 Å². The van der Waals surface area contributed by atoms with Gasteiger partial charge in [0.15, 0.2) is 0 Å². The highest BCUT2D eigenvalue weighted by Gasteiger charge is 2.17. The number of hydrogen-bond acceptors (Lipinski definition) is 3. The van der Waals surface area contributed by atoms with E-state index in [-0.39, 0.29) is 0 Å². The number of aldehydes is 1. The Balaban J connectivity index is 1.54. The number of carbonyl (C=O) groups excluding carboxylic acids is 1. The monoisotopic (exact) mass is 294 g/mol. The maximum absolute atomic E-state index is 10.5. The molecule has 0 radical (unpaired) electrons. The van der Waals surface area contributed by atoms with Gasteiger partial charge in [-0.1, -0.05) is 42.5 Å². The van der Waals surface area contributed by atoms with E-state index in [9.17, 15) is 4.79 Å². The van der Waals surface area contributed by atoms with Crippen molar-refractivity contribution in [2.24, 2.45) is 0 Å². The summed E-state index contributed by atoms with van der Waals surface area (Å²) in [6.07, 6.45) is 1.46. The third-order valence-electron chi connectivity index (χ3n) is 4.24. The van der Waals surface area contributed by atoms with Gasteiger partial charge in [-0.05, 0) is 23.3 Å². The number of rotatable bonds is 5. The van der Waals surface area contributed by atoms with Crippen molar-refractivity contribution in [1.29, 1.82) is 0 Å². The van der Waals surface area contributed by atoms with Crippen molar-refractivity contribution < 1.29 is 4.79 Å². The van der Waals surface area contributed by atoms with Crippen molar-refractivity contribution in [3.8, 4) is 0 Å². The molecule has 0 atom stereocenters. The SMILES string of the molecule is O=CCc1ccc(N2CCN(Cc3ccccc3)CC2)cc1. The highest BCUT2D eigenvalue weighted by molar-refractivity contribution is 5.57. The Bertz CT molecular complexity index is 587. The second kappa shape index (κ2) is 7.23. The van der Waals surface area contributed by atoms with Crippen LogP contribution >= 0.6 is 0 Å². The van der Waals surface area contributed by atoms with Crippen LogP contribution in [0.15, 0.2) is 54.6 Å². The number of piperazine rings is 1. The molecule has 0 N–H and O–H groups in total. The topological polar surface area (TPSA) is 23.6 Å². The van der Waals surface area contributed by atoms with Crippen LogP contribution in [0.5, 0.6) is 0 Å². The predicted octanol–water partition coefficient (Wildman–Crippen LogP) is 2.75.